The van der Waals surface area contributed by atoms with E-state index in [1.807, 2.05) is 0 Å². The number of hydrogen-bond acceptors (Lipinski definition) is 4. The molecule has 4 nitrogen and oxygen atoms in total. The third-order valence-electron chi connectivity index (χ3n) is 1.43. The van der Waals surface area contributed by atoms with Crippen molar-refractivity contribution in [1.82, 2.24) is 4.98 Å². The molecule has 0 amide bonds. The van der Waals surface area contributed by atoms with Crippen LogP contribution < -0.4 is 4.74 Å². The molecule has 0 aromatic carbocycles. The third-order valence-corrected chi connectivity index (χ3v) is 1.87. The van der Waals surface area contributed by atoms with Gasteiger partial charge < -0.3 is 9.47 Å². The van der Waals surface area contributed by atoms with Crippen LogP contribution in [-0.2, 0) is 4.74 Å². The highest BCUT2D eigenvalue weighted by Crippen LogP contribution is 2.21. The van der Waals surface area contributed by atoms with Gasteiger partial charge in [0, 0.05) is 0 Å². The summed E-state index contributed by atoms with van der Waals surface area (Å²) in [7, 11) is 1.14. The monoisotopic (exact) mass is 281 g/mol. The Labute approximate surface area is 92.3 Å². The van der Waals surface area contributed by atoms with Gasteiger partial charge in [-0.1, -0.05) is 0 Å². The zero-order chi connectivity index (χ0) is 11.4. The summed E-state index contributed by atoms with van der Waals surface area (Å²) >= 11 is 2.97. The molecule has 0 spiro atoms. The van der Waals surface area contributed by atoms with Crippen molar-refractivity contribution < 1.29 is 23.0 Å². The molecule has 15 heavy (non-hydrogen) atoms. The molecule has 0 atom stereocenters. The van der Waals surface area contributed by atoms with E-state index in [9.17, 15) is 13.6 Å². The summed E-state index contributed by atoms with van der Waals surface area (Å²) in [5.74, 6) is -1.25. The first kappa shape index (κ1) is 11.8. The van der Waals surface area contributed by atoms with Crippen molar-refractivity contribution in [3.63, 3.8) is 0 Å². The second-order valence-electron chi connectivity index (χ2n) is 2.36. The van der Waals surface area contributed by atoms with E-state index >= 15 is 0 Å². The summed E-state index contributed by atoms with van der Waals surface area (Å²) in [4.78, 5) is 14.7. The van der Waals surface area contributed by atoms with E-state index < -0.39 is 18.5 Å². The van der Waals surface area contributed by atoms with Crippen LogP contribution in [0.4, 0.5) is 8.78 Å². The molecule has 82 valence electrons. The Hall–Kier alpha value is -1.24. The maximum atomic E-state index is 12.0. The highest BCUT2D eigenvalue weighted by molar-refractivity contribution is 9.10. The molecule has 0 saturated heterocycles. The molecule has 1 aromatic heterocycles. The lowest BCUT2D eigenvalue weighted by Gasteiger charge is -2.07. The van der Waals surface area contributed by atoms with Crippen molar-refractivity contribution in [2.24, 2.45) is 0 Å². The standard InChI is InChI=1S/C8H6BrF2NO3/c1-14-7(13)4-2-3-5(9)12-6(4)15-8(10)11/h2-3,8H,1H3. The van der Waals surface area contributed by atoms with Crippen molar-refractivity contribution in [2.75, 3.05) is 7.11 Å². The molecule has 0 radical (unpaired) electrons. The van der Waals surface area contributed by atoms with Crippen LogP contribution >= 0.6 is 15.9 Å². The number of methoxy groups -OCH3 is 1. The van der Waals surface area contributed by atoms with Gasteiger partial charge in [-0.2, -0.15) is 8.78 Å². The Morgan fingerprint density at radius 1 is 1.53 bits per heavy atom. The van der Waals surface area contributed by atoms with Crippen LogP contribution in [0.25, 0.3) is 0 Å². The predicted molar refractivity (Wildman–Crippen MR) is 49.9 cm³/mol. The Morgan fingerprint density at radius 2 is 2.20 bits per heavy atom. The number of halogens is 3. The molecule has 0 fully saturated rings. The fourth-order valence-electron chi connectivity index (χ4n) is 0.857. The summed E-state index contributed by atoms with van der Waals surface area (Å²) in [6.45, 7) is -3.05. The summed E-state index contributed by atoms with van der Waals surface area (Å²) in [6.07, 6.45) is 0. The number of rotatable bonds is 3. The second-order valence-corrected chi connectivity index (χ2v) is 3.17. The van der Waals surface area contributed by atoms with Gasteiger partial charge in [0.2, 0.25) is 5.88 Å². The lowest BCUT2D eigenvalue weighted by atomic mass is 10.3. The zero-order valence-corrected chi connectivity index (χ0v) is 9.12. The number of carbonyl (C=O) groups is 1. The van der Waals surface area contributed by atoms with E-state index in [2.05, 4.69) is 30.4 Å². The van der Waals surface area contributed by atoms with Gasteiger partial charge in [-0.15, -0.1) is 0 Å². The Bertz CT molecular complexity index is 373. The number of hydrogen-bond donors (Lipinski definition) is 0. The highest BCUT2D eigenvalue weighted by Gasteiger charge is 2.18. The van der Waals surface area contributed by atoms with E-state index in [4.69, 9.17) is 0 Å². The topological polar surface area (TPSA) is 48.4 Å². The number of nitrogens with zero attached hydrogens (tertiary/aromatic N) is 1. The molecule has 0 aliphatic carbocycles. The highest BCUT2D eigenvalue weighted by atomic mass is 79.9. The van der Waals surface area contributed by atoms with Gasteiger partial charge in [-0.3, -0.25) is 0 Å². The zero-order valence-electron chi connectivity index (χ0n) is 7.54. The number of pyridine rings is 1. The smallest absolute Gasteiger partial charge is 0.388 e. The summed E-state index contributed by atoms with van der Waals surface area (Å²) < 4.78 is 32.7. The van der Waals surface area contributed by atoms with Crippen molar-refractivity contribution in [2.45, 2.75) is 6.61 Å². The quantitative estimate of drug-likeness (QED) is 0.630. The molecule has 0 aliphatic rings. The number of aromatic nitrogens is 1. The maximum absolute atomic E-state index is 12.0. The summed E-state index contributed by atoms with van der Waals surface area (Å²) in [6, 6.07) is 2.70. The first-order valence-electron chi connectivity index (χ1n) is 3.74. The van der Waals surface area contributed by atoms with E-state index in [-0.39, 0.29) is 10.2 Å². The first-order valence-corrected chi connectivity index (χ1v) is 4.53. The SMILES string of the molecule is COC(=O)c1ccc(Br)nc1OC(F)F. The average Bonchev–Trinajstić information content (AvgIpc) is 2.16. The lowest BCUT2D eigenvalue weighted by molar-refractivity contribution is -0.0535. The summed E-state index contributed by atoms with van der Waals surface area (Å²) in [5.41, 5.74) is -0.152. The molecule has 1 rings (SSSR count). The summed E-state index contributed by atoms with van der Waals surface area (Å²) in [5, 5.41) is 0. The fourth-order valence-corrected chi connectivity index (χ4v) is 1.15. The largest absolute Gasteiger partial charge is 0.465 e. The lowest BCUT2D eigenvalue weighted by Crippen LogP contribution is -2.10. The van der Waals surface area contributed by atoms with Crippen molar-refractivity contribution >= 4 is 21.9 Å². The average molecular weight is 282 g/mol. The first-order chi connectivity index (χ1) is 7.04. The number of carbonyl (C=O) groups excluding carboxylic acids is 1. The minimum absolute atomic E-state index is 0.152. The Kier molecular flexibility index (Phi) is 3.96. The number of ether oxygens (including phenoxy) is 2. The Morgan fingerprint density at radius 3 is 2.73 bits per heavy atom. The molecule has 0 bridgehead atoms. The van der Waals surface area contributed by atoms with Crippen molar-refractivity contribution in [3.8, 4) is 5.88 Å². The van der Waals surface area contributed by atoms with Gasteiger partial charge in [0.1, 0.15) is 10.2 Å². The minimum Gasteiger partial charge on any atom is -0.465 e. The van der Waals surface area contributed by atoms with Gasteiger partial charge >= 0.3 is 12.6 Å². The molecule has 1 heterocycles. The van der Waals surface area contributed by atoms with Crippen LogP contribution in [0.15, 0.2) is 16.7 Å². The molecule has 0 saturated carbocycles. The van der Waals surface area contributed by atoms with E-state index in [0.29, 0.717) is 0 Å². The molecule has 0 aliphatic heterocycles. The maximum Gasteiger partial charge on any atom is 0.388 e. The Balaban J connectivity index is 3.08. The van der Waals surface area contributed by atoms with Crippen LogP contribution in [0.5, 0.6) is 5.88 Å². The molecular weight excluding hydrogens is 276 g/mol. The molecule has 7 heteroatoms. The normalized spacial score (nSPS) is 10.2. The number of alkyl halides is 2. The number of esters is 1. The van der Waals surface area contributed by atoms with E-state index in [1.54, 1.807) is 0 Å². The molecule has 1 aromatic rings. The molecule has 0 N–H and O–H groups in total. The van der Waals surface area contributed by atoms with E-state index in [0.717, 1.165) is 7.11 Å². The van der Waals surface area contributed by atoms with E-state index in [1.165, 1.54) is 12.1 Å². The van der Waals surface area contributed by atoms with Crippen molar-refractivity contribution in [3.05, 3.63) is 22.3 Å². The van der Waals surface area contributed by atoms with Crippen molar-refractivity contribution in [1.29, 1.82) is 0 Å². The van der Waals surface area contributed by atoms with Gasteiger partial charge in [-0.25, -0.2) is 9.78 Å². The van der Waals surface area contributed by atoms with Crippen LogP contribution in [0.3, 0.4) is 0 Å². The van der Waals surface area contributed by atoms with Crippen LogP contribution in [0.1, 0.15) is 10.4 Å². The second kappa shape index (κ2) is 5.01. The third kappa shape index (κ3) is 3.12. The predicted octanol–water partition coefficient (Wildman–Crippen LogP) is 2.23. The molecule has 0 unspecified atom stereocenters. The van der Waals surface area contributed by atoms with Crippen LogP contribution in [-0.4, -0.2) is 24.7 Å². The van der Waals surface area contributed by atoms with Crippen LogP contribution in [0.2, 0.25) is 0 Å². The minimum atomic E-state index is -3.05. The van der Waals surface area contributed by atoms with Crippen LogP contribution in [0, 0.1) is 0 Å². The van der Waals surface area contributed by atoms with Gasteiger partial charge in [0.15, 0.2) is 0 Å². The molecular formula is C8H6BrF2NO3. The van der Waals surface area contributed by atoms with Gasteiger partial charge in [0.25, 0.3) is 0 Å². The van der Waals surface area contributed by atoms with Gasteiger partial charge in [-0.05, 0) is 28.1 Å². The fraction of sp³-hybridized carbons (Fsp3) is 0.250. The van der Waals surface area contributed by atoms with Gasteiger partial charge in [0.05, 0.1) is 7.11 Å².